The number of hydrogen-bond donors (Lipinski definition) is 1. The lowest BCUT2D eigenvalue weighted by atomic mass is 9.85. The number of amides is 1. The van der Waals surface area contributed by atoms with Gasteiger partial charge in [0.25, 0.3) is 5.91 Å². The normalized spacial score (nSPS) is 16.3. The molecule has 0 unspecified atom stereocenters. The minimum atomic E-state index is -0.418. The second-order valence-corrected chi connectivity index (χ2v) is 9.77. The van der Waals surface area contributed by atoms with Gasteiger partial charge in [-0.3, -0.25) is 4.79 Å². The summed E-state index contributed by atoms with van der Waals surface area (Å²) in [6.07, 6.45) is 0.666. The molecule has 5 nitrogen and oxygen atoms in total. The van der Waals surface area contributed by atoms with Gasteiger partial charge in [-0.25, -0.2) is 0 Å². The van der Waals surface area contributed by atoms with Crippen molar-refractivity contribution < 1.29 is 9.90 Å². The number of nitrogens with zero attached hydrogens (tertiary/aromatic N) is 3. The van der Waals surface area contributed by atoms with Crippen LogP contribution in [0.5, 0.6) is 5.88 Å². The Morgan fingerprint density at radius 1 is 0.865 bits per heavy atom. The average molecular weight is 506 g/mol. The van der Waals surface area contributed by atoms with E-state index in [0.29, 0.717) is 18.0 Å². The fraction of sp³-hybridized carbons (Fsp3) is 0.129. The first-order chi connectivity index (χ1) is 18.1. The number of hydrogen-bond acceptors (Lipinski definition) is 3. The van der Waals surface area contributed by atoms with Gasteiger partial charge in [0.1, 0.15) is 0 Å². The number of carbonyl (C=O) groups is 1. The Kier molecular flexibility index (Phi) is 5.85. The van der Waals surface area contributed by atoms with Gasteiger partial charge in [0.05, 0.1) is 18.0 Å². The highest BCUT2D eigenvalue weighted by Gasteiger charge is 2.60. The first-order valence-electron chi connectivity index (χ1n) is 12.2. The molecule has 1 aliphatic carbocycles. The van der Waals surface area contributed by atoms with Crippen LogP contribution in [-0.2, 0) is 16.8 Å². The van der Waals surface area contributed by atoms with Crippen molar-refractivity contribution in [1.29, 1.82) is 0 Å². The zero-order valence-corrected chi connectivity index (χ0v) is 20.7. The fourth-order valence-corrected chi connectivity index (χ4v) is 5.53. The van der Waals surface area contributed by atoms with Crippen molar-refractivity contribution in [3.8, 4) is 5.88 Å². The van der Waals surface area contributed by atoms with Crippen LogP contribution in [0.4, 0.5) is 5.69 Å². The maximum Gasteiger partial charge on any atom is 0.269 e. The SMILES string of the molecule is O=C(N=Nc1c(O)n(Cc2ccccc2Cl)c2ccccc12)[C@@H]1CC1(c1ccccc1)c1ccccc1. The minimum Gasteiger partial charge on any atom is -0.493 e. The number of rotatable bonds is 6. The Balaban J connectivity index is 1.34. The second-order valence-electron chi connectivity index (χ2n) is 9.37. The number of para-hydroxylation sites is 1. The van der Waals surface area contributed by atoms with Crippen molar-refractivity contribution in [3.05, 3.63) is 131 Å². The summed E-state index contributed by atoms with van der Waals surface area (Å²) in [7, 11) is 0. The van der Waals surface area contributed by atoms with Crippen LogP contribution < -0.4 is 0 Å². The van der Waals surface area contributed by atoms with Gasteiger partial charge in [0.2, 0.25) is 5.88 Å². The molecule has 0 saturated heterocycles. The Morgan fingerprint density at radius 2 is 1.46 bits per heavy atom. The molecule has 4 aromatic carbocycles. The van der Waals surface area contributed by atoms with Crippen LogP contribution in [0.1, 0.15) is 23.1 Å². The monoisotopic (exact) mass is 505 g/mol. The standard InChI is InChI=1S/C31H24ClN3O2/c32-26-17-9-7-11-21(26)20-35-27-18-10-8-16-24(27)28(30(35)37)33-34-29(36)25-19-31(25,22-12-3-1-4-13-22)23-14-5-2-6-15-23/h1-18,25,37H,19-20H2/t25-/m0/s1. The number of halogens is 1. The van der Waals surface area contributed by atoms with E-state index in [1.165, 1.54) is 0 Å². The van der Waals surface area contributed by atoms with E-state index in [1.807, 2.05) is 84.9 Å². The predicted molar refractivity (Wildman–Crippen MR) is 145 cm³/mol. The maximum absolute atomic E-state index is 13.4. The van der Waals surface area contributed by atoms with Gasteiger partial charge in [-0.15, -0.1) is 10.2 Å². The van der Waals surface area contributed by atoms with Crippen molar-refractivity contribution in [1.82, 2.24) is 4.57 Å². The van der Waals surface area contributed by atoms with E-state index in [-0.39, 0.29) is 23.4 Å². The van der Waals surface area contributed by atoms with Crippen LogP contribution in [0.3, 0.4) is 0 Å². The summed E-state index contributed by atoms with van der Waals surface area (Å²) in [5.74, 6) is -0.666. The van der Waals surface area contributed by atoms with Crippen LogP contribution in [0.25, 0.3) is 10.9 Å². The summed E-state index contributed by atoms with van der Waals surface area (Å²) in [5.41, 5.74) is 3.70. The zero-order chi connectivity index (χ0) is 25.4. The number of azo groups is 1. The van der Waals surface area contributed by atoms with Crippen LogP contribution in [0.2, 0.25) is 5.02 Å². The topological polar surface area (TPSA) is 66.9 Å². The third-order valence-corrected chi connectivity index (χ3v) is 7.66. The third kappa shape index (κ3) is 4.02. The first kappa shape index (κ1) is 23.2. The summed E-state index contributed by atoms with van der Waals surface area (Å²) >= 11 is 6.38. The van der Waals surface area contributed by atoms with Crippen molar-refractivity contribution in [3.63, 3.8) is 0 Å². The quantitative estimate of drug-likeness (QED) is 0.241. The molecule has 1 N–H and O–H groups in total. The van der Waals surface area contributed by atoms with Crippen LogP contribution in [-0.4, -0.2) is 15.6 Å². The number of carbonyl (C=O) groups excluding carboxylic acids is 1. The van der Waals surface area contributed by atoms with Gasteiger partial charge in [-0.05, 0) is 35.2 Å². The molecule has 0 radical (unpaired) electrons. The van der Waals surface area contributed by atoms with E-state index in [9.17, 15) is 9.90 Å². The number of fused-ring (bicyclic) bond motifs is 1. The minimum absolute atomic E-state index is 0.0501. The Labute approximate surface area is 219 Å². The fourth-order valence-electron chi connectivity index (χ4n) is 5.33. The van der Waals surface area contributed by atoms with E-state index in [0.717, 1.165) is 27.6 Å². The van der Waals surface area contributed by atoms with E-state index in [1.54, 1.807) is 4.57 Å². The van der Waals surface area contributed by atoms with Crippen molar-refractivity contribution in [2.45, 2.75) is 18.4 Å². The molecule has 1 atom stereocenters. The van der Waals surface area contributed by atoms with Gasteiger partial charge < -0.3 is 9.67 Å². The van der Waals surface area contributed by atoms with Crippen molar-refractivity contribution in [2.75, 3.05) is 0 Å². The number of aromatic hydroxyl groups is 1. The smallest absolute Gasteiger partial charge is 0.269 e. The summed E-state index contributed by atoms with van der Waals surface area (Å²) < 4.78 is 1.74. The molecule has 5 aromatic rings. The molecule has 1 saturated carbocycles. The molecule has 1 heterocycles. The molecule has 37 heavy (non-hydrogen) atoms. The molecular weight excluding hydrogens is 482 g/mol. The Morgan fingerprint density at radius 3 is 2.14 bits per heavy atom. The molecule has 1 aromatic heterocycles. The van der Waals surface area contributed by atoms with Crippen molar-refractivity contribution >= 4 is 34.1 Å². The summed E-state index contributed by atoms with van der Waals surface area (Å²) in [5, 5.41) is 20.9. The van der Waals surface area contributed by atoms with E-state index < -0.39 is 5.41 Å². The van der Waals surface area contributed by atoms with E-state index >= 15 is 0 Å². The molecule has 1 fully saturated rings. The average Bonchev–Trinajstić information content (AvgIpc) is 3.65. The molecule has 1 aliphatic rings. The van der Waals surface area contributed by atoms with Gasteiger partial charge in [0, 0.05) is 15.8 Å². The largest absolute Gasteiger partial charge is 0.493 e. The Hall–Kier alpha value is -4.22. The third-order valence-electron chi connectivity index (χ3n) is 7.29. The highest BCUT2D eigenvalue weighted by molar-refractivity contribution is 6.31. The first-order valence-corrected chi connectivity index (χ1v) is 12.6. The lowest BCUT2D eigenvalue weighted by molar-refractivity contribution is -0.119. The lowest BCUT2D eigenvalue weighted by Crippen LogP contribution is -2.16. The summed E-state index contributed by atoms with van der Waals surface area (Å²) in [6, 6.07) is 35.2. The maximum atomic E-state index is 13.4. The van der Waals surface area contributed by atoms with E-state index in [4.69, 9.17) is 11.6 Å². The lowest BCUT2D eigenvalue weighted by Gasteiger charge is -2.17. The molecule has 6 rings (SSSR count). The summed E-state index contributed by atoms with van der Waals surface area (Å²) in [4.78, 5) is 13.4. The van der Waals surface area contributed by atoms with Crippen LogP contribution in [0.15, 0.2) is 119 Å². The number of benzene rings is 4. The van der Waals surface area contributed by atoms with Gasteiger partial charge in [-0.1, -0.05) is 109 Å². The molecule has 0 bridgehead atoms. The highest BCUT2D eigenvalue weighted by atomic mass is 35.5. The highest BCUT2D eigenvalue weighted by Crippen LogP contribution is 2.59. The molecule has 0 aliphatic heterocycles. The zero-order valence-electron chi connectivity index (χ0n) is 20.0. The second kappa shape index (κ2) is 9.34. The van der Waals surface area contributed by atoms with Crippen LogP contribution in [0, 0.1) is 5.92 Å². The summed E-state index contributed by atoms with van der Waals surface area (Å²) in [6.45, 7) is 0.364. The molecular formula is C31H24ClN3O2. The van der Waals surface area contributed by atoms with E-state index in [2.05, 4.69) is 34.5 Å². The van der Waals surface area contributed by atoms with Gasteiger partial charge in [0.15, 0.2) is 5.69 Å². The molecule has 6 heteroatoms. The molecule has 1 amide bonds. The number of aromatic nitrogens is 1. The van der Waals surface area contributed by atoms with Crippen molar-refractivity contribution in [2.24, 2.45) is 16.1 Å². The molecule has 0 spiro atoms. The Bertz CT molecular complexity index is 1590. The van der Waals surface area contributed by atoms with Crippen LogP contribution >= 0.6 is 11.6 Å². The van der Waals surface area contributed by atoms with Gasteiger partial charge >= 0.3 is 0 Å². The molecule has 182 valence electrons. The predicted octanol–water partition coefficient (Wildman–Crippen LogP) is 7.67. The van der Waals surface area contributed by atoms with Gasteiger partial charge in [-0.2, -0.15) is 0 Å².